The van der Waals surface area contributed by atoms with Crippen LogP contribution in [0.25, 0.3) is 0 Å². The van der Waals surface area contributed by atoms with Crippen LogP contribution in [0.2, 0.25) is 0 Å². The van der Waals surface area contributed by atoms with Gasteiger partial charge in [0.05, 0.1) is 0 Å². The Kier molecular flexibility index (Phi) is 3.91. The van der Waals surface area contributed by atoms with E-state index < -0.39 is 0 Å². The molecule has 0 atom stereocenters. The van der Waals surface area contributed by atoms with Gasteiger partial charge in [0.25, 0.3) is 0 Å². The Labute approximate surface area is 84.0 Å². The number of rotatable bonds is 5. The summed E-state index contributed by atoms with van der Waals surface area (Å²) in [7, 11) is 0. The molecule has 0 spiro atoms. The summed E-state index contributed by atoms with van der Waals surface area (Å²) in [4.78, 5) is 8.37. The van der Waals surface area contributed by atoms with Crippen molar-refractivity contribution in [2.24, 2.45) is 0 Å². The lowest BCUT2D eigenvalue weighted by atomic mass is 10.4. The van der Waals surface area contributed by atoms with Crippen LogP contribution in [0.15, 0.2) is 18.7 Å². The topological polar surface area (TPSA) is 47.0 Å². The monoisotopic (exact) mass is 193 g/mol. The van der Waals surface area contributed by atoms with E-state index in [1.807, 2.05) is 13.8 Å². The van der Waals surface area contributed by atoms with Gasteiger partial charge in [0, 0.05) is 18.3 Å². The third kappa shape index (κ3) is 3.05. The summed E-state index contributed by atoms with van der Waals surface area (Å²) in [5.74, 6) is 1.18. The molecule has 0 amide bonds. The highest BCUT2D eigenvalue weighted by Crippen LogP contribution is 2.11. The maximum Gasteiger partial charge on any atom is 0.226 e. The van der Waals surface area contributed by atoms with Crippen molar-refractivity contribution in [3.05, 3.63) is 24.4 Å². The smallest absolute Gasteiger partial charge is 0.226 e. The van der Waals surface area contributed by atoms with Gasteiger partial charge in [0.15, 0.2) is 0 Å². The van der Waals surface area contributed by atoms with E-state index in [1.165, 1.54) is 0 Å². The SMILES string of the molecule is C=CCOc1cc(C)nc(NCC)n1. The number of aryl methyl sites for hydroxylation is 1. The third-order valence-corrected chi connectivity index (χ3v) is 1.51. The second kappa shape index (κ2) is 5.21. The molecule has 1 heterocycles. The van der Waals surface area contributed by atoms with Gasteiger partial charge in [-0.3, -0.25) is 0 Å². The molecular weight excluding hydrogens is 178 g/mol. The van der Waals surface area contributed by atoms with Crippen LogP contribution in [0.4, 0.5) is 5.95 Å². The van der Waals surface area contributed by atoms with Crippen LogP contribution in [0.5, 0.6) is 5.88 Å². The molecular formula is C10H15N3O. The van der Waals surface area contributed by atoms with Gasteiger partial charge in [-0.05, 0) is 13.8 Å². The van der Waals surface area contributed by atoms with Crippen LogP contribution in [0.3, 0.4) is 0 Å². The van der Waals surface area contributed by atoms with E-state index in [0.717, 1.165) is 12.2 Å². The van der Waals surface area contributed by atoms with E-state index in [0.29, 0.717) is 18.4 Å². The molecule has 14 heavy (non-hydrogen) atoms. The largest absolute Gasteiger partial charge is 0.473 e. The van der Waals surface area contributed by atoms with E-state index in [9.17, 15) is 0 Å². The van der Waals surface area contributed by atoms with E-state index in [1.54, 1.807) is 12.1 Å². The van der Waals surface area contributed by atoms with E-state index in [-0.39, 0.29) is 0 Å². The summed E-state index contributed by atoms with van der Waals surface area (Å²) >= 11 is 0. The molecule has 76 valence electrons. The van der Waals surface area contributed by atoms with Crippen molar-refractivity contribution < 1.29 is 4.74 Å². The Morgan fingerprint density at radius 3 is 3.00 bits per heavy atom. The zero-order valence-electron chi connectivity index (χ0n) is 8.58. The molecule has 0 saturated heterocycles. The molecule has 1 aromatic rings. The number of ether oxygens (including phenoxy) is 1. The fraction of sp³-hybridized carbons (Fsp3) is 0.400. The summed E-state index contributed by atoms with van der Waals surface area (Å²) in [5, 5.41) is 3.04. The van der Waals surface area contributed by atoms with Gasteiger partial charge >= 0.3 is 0 Å². The van der Waals surface area contributed by atoms with Gasteiger partial charge in [0.2, 0.25) is 11.8 Å². The molecule has 0 radical (unpaired) electrons. The van der Waals surface area contributed by atoms with Gasteiger partial charge in [-0.1, -0.05) is 12.7 Å². The summed E-state index contributed by atoms with van der Waals surface area (Å²) in [5.41, 5.74) is 0.884. The number of aromatic nitrogens is 2. The highest BCUT2D eigenvalue weighted by molar-refractivity contribution is 5.30. The summed E-state index contributed by atoms with van der Waals surface area (Å²) in [6.45, 7) is 8.73. The molecule has 1 aromatic heterocycles. The summed E-state index contributed by atoms with van der Waals surface area (Å²) in [6, 6.07) is 1.80. The number of nitrogens with one attached hydrogen (secondary N) is 1. The lowest BCUT2D eigenvalue weighted by molar-refractivity contribution is 0.348. The van der Waals surface area contributed by atoms with Gasteiger partial charge in [-0.25, -0.2) is 4.98 Å². The number of hydrogen-bond acceptors (Lipinski definition) is 4. The molecule has 4 heteroatoms. The molecule has 0 unspecified atom stereocenters. The van der Waals surface area contributed by atoms with Crippen LogP contribution >= 0.6 is 0 Å². The minimum absolute atomic E-state index is 0.460. The zero-order valence-corrected chi connectivity index (χ0v) is 8.58. The molecule has 1 N–H and O–H groups in total. The minimum Gasteiger partial charge on any atom is -0.473 e. The lowest BCUT2D eigenvalue weighted by Gasteiger charge is -2.06. The Morgan fingerprint density at radius 1 is 1.57 bits per heavy atom. The van der Waals surface area contributed by atoms with Crippen molar-refractivity contribution in [3.8, 4) is 5.88 Å². The first-order valence-electron chi connectivity index (χ1n) is 4.59. The van der Waals surface area contributed by atoms with Crippen LogP contribution < -0.4 is 10.1 Å². The molecule has 0 aliphatic heterocycles. The highest BCUT2D eigenvalue weighted by Gasteiger charge is 2.00. The van der Waals surface area contributed by atoms with Gasteiger partial charge < -0.3 is 10.1 Å². The average Bonchev–Trinajstić information content (AvgIpc) is 2.14. The Balaban J connectivity index is 2.77. The zero-order chi connectivity index (χ0) is 10.4. The minimum atomic E-state index is 0.460. The van der Waals surface area contributed by atoms with E-state index in [2.05, 4.69) is 21.9 Å². The van der Waals surface area contributed by atoms with Gasteiger partial charge in [0.1, 0.15) is 6.61 Å². The van der Waals surface area contributed by atoms with E-state index in [4.69, 9.17) is 4.74 Å². The molecule has 0 fully saturated rings. The van der Waals surface area contributed by atoms with Crippen LogP contribution in [-0.4, -0.2) is 23.1 Å². The predicted molar refractivity (Wildman–Crippen MR) is 56.6 cm³/mol. The van der Waals surface area contributed by atoms with Crippen LogP contribution in [0.1, 0.15) is 12.6 Å². The highest BCUT2D eigenvalue weighted by atomic mass is 16.5. The molecule has 0 aliphatic rings. The first kappa shape index (κ1) is 10.5. The van der Waals surface area contributed by atoms with Crippen molar-refractivity contribution in [3.63, 3.8) is 0 Å². The maximum atomic E-state index is 5.31. The molecule has 1 rings (SSSR count). The predicted octanol–water partition coefficient (Wildman–Crippen LogP) is 1.78. The Morgan fingerprint density at radius 2 is 2.36 bits per heavy atom. The normalized spacial score (nSPS) is 9.57. The first-order chi connectivity index (χ1) is 6.76. The van der Waals surface area contributed by atoms with Crippen molar-refractivity contribution in [2.45, 2.75) is 13.8 Å². The van der Waals surface area contributed by atoms with Gasteiger partial charge in [-0.2, -0.15) is 4.98 Å². The first-order valence-corrected chi connectivity index (χ1v) is 4.59. The summed E-state index contributed by atoms with van der Waals surface area (Å²) < 4.78 is 5.31. The molecule has 0 aliphatic carbocycles. The third-order valence-electron chi connectivity index (χ3n) is 1.51. The second-order valence-electron chi connectivity index (χ2n) is 2.80. The molecule has 0 saturated carbocycles. The second-order valence-corrected chi connectivity index (χ2v) is 2.80. The van der Waals surface area contributed by atoms with Crippen LogP contribution in [0, 0.1) is 6.92 Å². The summed E-state index contributed by atoms with van der Waals surface area (Å²) in [6.07, 6.45) is 1.68. The molecule has 0 aromatic carbocycles. The Hall–Kier alpha value is -1.58. The van der Waals surface area contributed by atoms with Crippen molar-refractivity contribution in [1.82, 2.24) is 9.97 Å². The van der Waals surface area contributed by atoms with Crippen molar-refractivity contribution >= 4 is 5.95 Å². The molecule has 4 nitrogen and oxygen atoms in total. The maximum absolute atomic E-state index is 5.31. The fourth-order valence-corrected chi connectivity index (χ4v) is 0.995. The standard InChI is InChI=1S/C10H15N3O/c1-4-6-14-9-7-8(3)12-10(13-9)11-5-2/h4,7H,1,5-6H2,2-3H3,(H,11,12,13). The number of hydrogen-bond donors (Lipinski definition) is 1. The lowest BCUT2D eigenvalue weighted by Crippen LogP contribution is -2.05. The van der Waals surface area contributed by atoms with E-state index >= 15 is 0 Å². The fourth-order valence-electron chi connectivity index (χ4n) is 0.995. The van der Waals surface area contributed by atoms with Crippen molar-refractivity contribution in [2.75, 3.05) is 18.5 Å². The van der Waals surface area contributed by atoms with Crippen molar-refractivity contribution in [1.29, 1.82) is 0 Å². The average molecular weight is 193 g/mol. The number of anilines is 1. The van der Waals surface area contributed by atoms with Crippen LogP contribution in [-0.2, 0) is 0 Å². The molecule has 0 bridgehead atoms. The Bertz CT molecular complexity index is 312. The van der Waals surface area contributed by atoms with Gasteiger partial charge in [-0.15, -0.1) is 0 Å². The number of nitrogens with zero attached hydrogens (tertiary/aromatic N) is 2. The quantitative estimate of drug-likeness (QED) is 0.724.